The van der Waals surface area contributed by atoms with Crippen molar-refractivity contribution in [2.45, 2.75) is 31.8 Å². The number of rotatable bonds is 4. The van der Waals surface area contributed by atoms with Crippen LogP contribution in [0.1, 0.15) is 18.4 Å². The van der Waals surface area contributed by atoms with Gasteiger partial charge in [0.15, 0.2) is 12.4 Å². The van der Waals surface area contributed by atoms with E-state index in [1.165, 1.54) is 7.11 Å². The molecule has 4 heteroatoms. The van der Waals surface area contributed by atoms with Crippen LogP contribution in [0.2, 0.25) is 0 Å². The first-order chi connectivity index (χ1) is 8.29. The fraction of sp³-hybridized carbons (Fsp3) is 0.462. The first kappa shape index (κ1) is 12.1. The molecule has 17 heavy (non-hydrogen) atoms. The van der Waals surface area contributed by atoms with Crippen molar-refractivity contribution in [3.8, 4) is 0 Å². The largest absolute Gasteiger partial charge is 0.467 e. The minimum atomic E-state index is -0.472. The van der Waals surface area contributed by atoms with Crippen molar-refractivity contribution in [3.05, 3.63) is 35.9 Å². The number of esters is 1. The Morgan fingerprint density at radius 2 is 2.12 bits per heavy atom. The van der Waals surface area contributed by atoms with E-state index >= 15 is 0 Å². The summed E-state index contributed by atoms with van der Waals surface area (Å²) in [4.78, 5) is 11.2. The van der Waals surface area contributed by atoms with Crippen LogP contribution in [0.15, 0.2) is 30.3 Å². The molecule has 4 nitrogen and oxygen atoms in total. The van der Waals surface area contributed by atoms with E-state index < -0.39 is 6.10 Å². The minimum Gasteiger partial charge on any atom is -0.467 e. The predicted molar refractivity (Wildman–Crippen MR) is 61.1 cm³/mol. The Labute approximate surface area is 100 Å². The third-order valence-electron chi connectivity index (χ3n) is 2.72. The molecule has 2 atom stereocenters. The van der Waals surface area contributed by atoms with E-state index in [-0.39, 0.29) is 12.3 Å². The van der Waals surface area contributed by atoms with Gasteiger partial charge in [0.2, 0.25) is 0 Å². The maximum atomic E-state index is 11.2. The molecule has 92 valence electrons. The Balaban J connectivity index is 1.77. The molecule has 0 aromatic heterocycles. The van der Waals surface area contributed by atoms with Gasteiger partial charge in [-0.1, -0.05) is 30.3 Å². The lowest BCUT2D eigenvalue weighted by Crippen LogP contribution is -2.23. The van der Waals surface area contributed by atoms with E-state index in [1.807, 2.05) is 30.3 Å². The molecule has 0 aliphatic carbocycles. The fourth-order valence-electron chi connectivity index (χ4n) is 1.80. The molecule has 0 radical (unpaired) electrons. The lowest BCUT2D eigenvalue weighted by atomic mass is 10.2. The predicted octanol–water partition coefficient (Wildman–Crippen LogP) is 1.88. The molecule has 0 saturated carbocycles. The minimum absolute atomic E-state index is 0.306. The number of carbonyl (C=O) groups excluding carboxylic acids is 1. The fourth-order valence-corrected chi connectivity index (χ4v) is 1.80. The highest BCUT2D eigenvalue weighted by Gasteiger charge is 2.31. The molecule has 1 aromatic carbocycles. The van der Waals surface area contributed by atoms with Gasteiger partial charge in [-0.15, -0.1) is 0 Å². The first-order valence-corrected chi connectivity index (χ1v) is 5.68. The van der Waals surface area contributed by atoms with E-state index in [2.05, 4.69) is 4.74 Å². The molecule has 0 N–H and O–H groups in total. The summed E-state index contributed by atoms with van der Waals surface area (Å²) in [7, 11) is 1.36. The maximum absolute atomic E-state index is 11.2. The third kappa shape index (κ3) is 3.28. The molecule has 1 aromatic rings. The Morgan fingerprint density at radius 3 is 2.82 bits per heavy atom. The van der Waals surface area contributed by atoms with Crippen LogP contribution in [0, 0.1) is 0 Å². The molecule has 2 unspecified atom stereocenters. The quantitative estimate of drug-likeness (QED) is 0.749. The highest BCUT2D eigenvalue weighted by Crippen LogP contribution is 2.22. The summed E-state index contributed by atoms with van der Waals surface area (Å²) in [5.74, 6) is -0.323. The van der Waals surface area contributed by atoms with Gasteiger partial charge in [-0.25, -0.2) is 4.79 Å². The molecule has 1 heterocycles. The molecule has 1 aliphatic rings. The van der Waals surface area contributed by atoms with E-state index in [4.69, 9.17) is 9.47 Å². The first-order valence-electron chi connectivity index (χ1n) is 5.68. The SMILES string of the molecule is COC(=O)C1CCC(OCc2ccccc2)O1. The zero-order chi connectivity index (χ0) is 12.1. The number of hydrogen-bond acceptors (Lipinski definition) is 4. The van der Waals surface area contributed by atoms with Gasteiger partial charge in [0, 0.05) is 6.42 Å². The molecule has 1 fully saturated rings. The van der Waals surface area contributed by atoms with Gasteiger partial charge in [-0.05, 0) is 12.0 Å². The molecule has 0 spiro atoms. The second kappa shape index (κ2) is 5.80. The van der Waals surface area contributed by atoms with Gasteiger partial charge in [-0.2, -0.15) is 0 Å². The van der Waals surface area contributed by atoms with E-state index in [0.29, 0.717) is 13.0 Å². The molecular weight excluding hydrogens is 220 g/mol. The smallest absolute Gasteiger partial charge is 0.335 e. The van der Waals surface area contributed by atoms with Crippen molar-refractivity contribution < 1.29 is 19.0 Å². The topological polar surface area (TPSA) is 44.8 Å². The number of methoxy groups -OCH3 is 1. The summed E-state index contributed by atoms with van der Waals surface area (Å²) < 4.78 is 15.6. The Hall–Kier alpha value is -1.39. The van der Waals surface area contributed by atoms with Crippen molar-refractivity contribution in [1.82, 2.24) is 0 Å². The highest BCUT2D eigenvalue weighted by atomic mass is 16.7. The summed E-state index contributed by atoms with van der Waals surface area (Å²) in [6, 6.07) is 9.87. The highest BCUT2D eigenvalue weighted by molar-refractivity contribution is 5.74. The average Bonchev–Trinajstić information content (AvgIpc) is 2.85. The summed E-state index contributed by atoms with van der Waals surface area (Å²) in [5, 5.41) is 0. The maximum Gasteiger partial charge on any atom is 0.335 e. The van der Waals surface area contributed by atoms with Crippen LogP contribution >= 0.6 is 0 Å². The van der Waals surface area contributed by atoms with Crippen molar-refractivity contribution in [3.63, 3.8) is 0 Å². The normalized spacial score (nSPS) is 23.6. The lowest BCUT2D eigenvalue weighted by molar-refractivity contribution is -0.173. The zero-order valence-corrected chi connectivity index (χ0v) is 9.80. The number of carbonyl (C=O) groups is 1. The van der Waals surface area contributed by atoms with Gasteiger partial charge in [0.25, 0.3) is 0 Å². The van der Waals surface area contributed by atoms with Crippen molar-refractivity contribution in [2.24, 2.45) is 0 Å². The van der Waals surface area contributed by atoms with Gasteiger partial charge in [0.05, 0.1) is 13.7 Å². The summed E-state index contributed by atoms with van der Waals surface area (Å²) >= 11 is 0. The van der Waals surface area contributed by atoms with Gasteiger partial charge < -0.3 is 14.2 Å². The summed E-state index contributed by atoms with van der Waals surface area (Å²) in [5.41, 5.74) is 1.10. The summed E-state index contributed by atoms with van der Waals surface area (Å²) in [6.07, 6.45) is 0.610. The Morgan fingerprint density at radius 1 is 1.35 bits per heavy atom. The second-order valence-corrected chi connectivity index (χ2v) is 3.95. The van der Waals surface area contributed by atoms with E-state index in [0.717, 1.165) is 12.0 Å². The zero-order valence-electron chi connectivity index (χ0n) is 9.80. The monoisotopic (exact) mass is 236 g/mol. The number of ether oxygens (including phenoxy) is 3. The van der Waals surface area contributed by atoms with Crippen LogP contribution in [0.25, 0.3) is 0 Å². The van der Waals surface area contributed by atoms with Gasteiger partial charge in [-0.3, -0.25) is 0 Å². The third-order valence-corrected chi connectivity index (χ3v) is 2.72. The van der Waals surface area contributed by atoms with Crippen LogP contribution in [0.4, 0.5) is 0 Å². The molecule has 1 saturated heterocycles. The van der Waals surface area contributed by atoms with Crippen molar-refractivity contribution >= 4 is 5.97 Å². The van der Waals surface area contributed by atoms with E-state index in [9.17, 15) is 4.79 Å². The summed E-state index contributed by atoms with van der Waals surface area (Å²) in [6.45, 7) is 0.499. The molecule has 1 aliphatic heterocycles. The molecule has 0 bridgehead atoms. The van der Waals surface area contributed by atoms with Crippen LogP contribution in [0.3, 0.4) is 0 Å². The van der Waals surface area contributed by atoms with Crippen molar-refractivity contribution in [2.75, 3.05) is 7.11 Å². The number of benzene rings is 1. The molecular formula is C13H16O4. The van der Waals surface area contributed by atoms with Crippen LogP contribution < -0.4 is 0 Å². The lowest BCUT2D eigenvalue weighted by Gasteiger charge is -2.13. The number of hydrogen-bond donors (Lipinski definition) is 0. The van der Waals surface area contributed by atoms with Crippen LogP contribution in [-0.2, 0) is 25.6 Å². The van der Waals surface area contributed by atoms with Gasteiger partial charge in [0.1, 0.15) is 0 Å². The standard InChI is InChI=1S/C13H16O4/c1-15-13(14)11-7-8-12(17-11)16-9-10-5-3-2-4-6-10/h2-6,11-12H,7-9H2,1H3. The Bertz CT molecular complexity index is 363. The molecule has 2 rings (SSSR count). The van der Waals surface area contributed by atoms with Gasteiger partial charge >= 0.3 is 5.97 Å². The van der Waals surface area contributed by atoms with E-state index in [1.54, 1.807) is 0 Å². The average molecular weight is 236 g/mol. The second-order valence-electron chi connectivity index (χ2n) is 3.95. The molecule has 0 amide bonds. The Kier molecular flexibility index (Phi) is 4.12. The van der Waals surface area contributed by atoms with Crippen LogP contribution in [-0.4, -0.2) is 25.5 Å². The van der Waals surface area contributed by atoms with Crippen LogP contribution in [0.5, 0.6) is 0 Å². The van der Waals surface area contributed by atoms with Crippen molar-refractivity contribution in [1.29, 1.82) is 0 Å².